The normalized spacial score (nSPS) is 14.9. The largest absolute Gasteiger partial charge is 0.495 e. The summed E-state index contributed by atoms with van der Waals surface area (Å²) in [5.41, 5.74) is 1.05. The van der Waals surface area contributed by atoms with E-state index in [1.807, 2.05) is 0 Å². The molecule has 30 heavy (non-hydrogen) atoms. The highest BCUT2D eigenvalue weighted by molar-refractivity contribution is 7.89. The van der Waals surface area contributed by atoms with Crippen molar-refractivity contribution in [2.45, 2.75) is 11.8 Å². The number of amides is 1. The second-order valence-electron chi connectivity index (χ2n) is 6.44. The van der Waals surface area contributed by atoms with Gasteiger partial charge in [0.05, 0.1) is 30.9 Å². The molecule has 162 valence electrons. The number of hydrogen-bond acceptors (Lipinski definition) is 8. The zero-order chi connectivity index (χ0) is 21.7. The van der Waals surface area contributed by atoms with E-state index in [2.05, 4.69) is 5.32 Å². The molecular formula is C19H22N2O7S2. The number of nitrogens with zero attached hydrogens (tertiary/aromatic N) is 1. The Labute approximate surface area is 178 Å². The van der Waals surface area contributed by atoms with Gasteiger partial charge in [-0.1, -0.05) is 0 Å². The van der Waals surface area contributed by atoms with Gasteiger partial charge in [0.1, 0.15) is 10.6 Å². The van der Waals surface area contributed by atoms with Crippen LogP contribution in [-0.4, -0.2) is 64.6 Å². The summed E-state index contributed by atoms with van der Waals surface area (Å²) in [5, 5.41) is 4.34. The Kier molecular flexibility index (Phi) is 7.08. The molecule has 0 atom stereocenters. The lowest BCUT2D eigenvalue weighted by molar-refractivity contribution is -0.119. The summed E-state index contributed by atoms with van der Waals surface area (Å²) in [6, 6.07) is 5.97. The molecule has 0 spiro atoms. The molecule has 0 radical (unpaired) electrons. The average Bonchev–Trinajstić information content (AvgIpc) is 3.18. The minimum Gasteiger partial charge on any atom is -0.495 e. The Hall–Kier alpha value is -2.47. The van der Waals surface area contributed by atoms with Crippen LogP contribution in [0.5, 0.6) is 5.75 Å². The molecule has 3 rings (SSSR count). The lowest BCUT2D eigenvalue weighted by Gasteiger charge is -2.26. The van der Waals surface area contributed by atoms with Crippen LogP contribution in [0.25, 0.3) is 0 Å². The van der Waals surface area contributed by atoms with E-state index in [0.29, 0.717) is 18.1 Å². The lowest BCUT2D eigenvalue weighted by Crippen LogP contribution is -2.40. The van der Waals surface area contributed by atoms with Crippen molar-refractivity contribution in [2.24, 2.45) is 0 Å². The Morgan fingerprint density at radius 1 is 1.23 bits per heavy atom. The molecule has 1 aliphatic heterocycles. The molecule has 1 N–H and O–H groups in total. The Morgan fingerprint density at radius 2 is 1.97 bits per heavy atom. The smallest absolute Gasteiger partial charge is 0.349 e. The number of sulfonamides is 1. The molecule has 1 aromatic carbocycles. The Morgan fingerprint density at radius 3 is 2.60 bits per heavy atom. The summed E-state index contributed by atoms with van der Waals surface area (Å²) < 4.78 is 42.4. The zero-order valence-corrected chi connectivity index (χ0v) is 18.2. The van der Waals surface area contributed by atoms with Crippen molar-refractivity contribution < 1.29 is 32.2 Å². The maximum Gasteiger partial charge on any atom is 0.349 e. The van der Waals surface area contributed by atoms with E-state index in [0.717, 1.165) is 5.56 Å². The van der Waals surface area contributed by atoms with Crippen molar-refractivity contribution in [1.82, 2.24) is 4.31 Å². The van der Waals surface area contributed by atoms with E-state index in [-0.39, 0.29) is 29.4 Å². The van der Waals surface area contributed by atoms with Gasteiger partial charge in [-0.05, 0) is 36.1 Å². The number of aryl methyl sites for hydroxylation is 1. The van der Waals surface area contributed by atoms with Crippen LogP contribution in [0.3, 0.4) is 0 Å². The minimum absolute atomic E-state index is 0.0545. The first-order valence-corrected chi connectivity index (χ1v) is 11.4. The van der Waals surface area contributed by atoms with Gasteiger partial charge < -0.3 is 19.5 Å². The summed E-state index contributed by atoms with van der Waals surface area (Å²) in [6.07, 6.45) is 0. The molecule has 1 fully saturated rings. The first-order chi connectivity index (χ1) is 14.3. The summed E-state index contributed by atoms with van der Waals surface area (Å²) in [5.74, 6) is -0.964. The molecule has 0 saturated carbocycles. The van der Waals surface area contributed by atoms with Gasteiger partial charge in [0, 0.05) is 19.2 Å². The maximum absolute atomic E-state index is 12.8. The van der Waals surface area contributed by atoms with E-state index in [1.165, 1.54) is 41.0 Å². The van der Waals surface area contributed by atoms with Crippen LogP contribution in [0.4, 0.5) is 5.69 Å². The van der Waals surface area contributed by atoms with Gasteiger partial charge in [0.15, 0.2) is 6.61 Å². The zero-order valence-electron chi connectivity index (χ0n) is 16.5. The standard InChI is InChI=1S/C19H22N2O7S2/c1-13-5-10-29-18(13)19(23)28-12-17(22)20-15-4-3-14(11-16(15)26-2)30(24,25)21-6-8-27-9-7-21/h3-5,10-11H,6-9,12H2,1-2H3,(H,20,22). The fraction of sp³-hybridized carbons (Fsp3) is 0.368. The number of hydrogen-bond donors (Lipinski definition) is 1. The van der Waals surface area contributed by atoms with E-state index in [1.54, 1.807) is 18.4 Å². The molecule has 0 unspecified atom stereocenters. The van der Waals surface area contributed by atoms with Gasteiger partial charge in [-0.15, -0.1) is 11.3 Å². The number of benzene rings is 1. The Balaban J connectivity index is 1.66. The lowest BCUT2D eigenvalue weighted by atomic mass is 10.3. The van der Waals surface area contributed by atoms with Crippen LogP contribution >= 0.6 is 11.3 Å². The molecule has 0 bridgehead atoms. The molecule has 1 aromatic heterocycles. The number of anilines is 1. The Bertz CT molecular complexity index is 1030. The van der Waals surface area contributed by atoms with Crippen molar-refractivity contribution in [3.8, 4) is 5.75 Å². The quantitative estimate of drug-likeness (QED) is 0.636. The van der Waals surface area contributed by atoms with Crippen molar-refractivity contribution in [3.05, 3.63) is 40.1 Å². The van der Waals surface area contributed by atoms with E-state index < -0.39 is 28.5 Å². The molecule has 0 aliphatic carbocycles. The molecule has 1 amide bonds. The fourth-order valence-corrected chi connectivity index (χ4v) is 5.08. The van der Waals surface area contributed by atoms with Crippen molar-refractivity contribution in [3.63, 3.8) is 0 Å². The van der Waals surface area contributed by atoms with Crippen molar-refractivity contribution >= 4 is 38.9 Å². The summed E-state index contributed by atoms with van der Waals surface area (Å²) >= 11 is 1.24. The second kappa shape index (κ2) is 9.56. The number of esters is 1. The topological polar surface area (TPSA) is 111 Å². The van der Waals surface area contributed by atoms with Gasteiger partial charge in [-0.3, -0.25) is 4.79 Å². The highest BCUT2D eigenvalue weighted by Crippen LogP contribution is 2.29. The maximum atomic E-state index is 12.8. The molecular weight excluding hydrogens is 432 g/mol. The van der Waals surface area contributed by atoms with Crippen LogP contribution in [0.1, 0.15) is 15.2 Å². The first-order valence-electron chi connectivity index (χ1n) is 9.10. The monoisotopic (exact) mass is 454 g/mol. The number of rotatable bonds is 7. The van der Waals surface area contributed by atoms with Gasteiger partial charge in [0.25, 0.3) is 5.91 Å². The molecule has 9 nitrogen and oxygen atoms in total. The van der Waals surface area contributed by atoms with Gasteiger partial charge in [-0.25, -0.2) is 13.2 Å². The highest BCUT2D eigenvalue weighted by Gasteiger charge is 2.27. The number of carbonyl (C=O) groups excluding carboxylic acids is 2. The van der Waals surface area contributed by atoms with E-state index >= 15 is 0 Å². The van der Waals surface area contributed by atoms with Crippen LogP contribution in [0.2, 0.25) is 0 Å². The van der Waals surface area contributed by atoms with Gasteiger partial charge in [0.2, 0.25) is 10.0 Å². The SMILES string of the molecule is COc1cc(S(=O)(=O)N2CCOCC2)ccc1NC(=O)COC(=O)c1sccc1C. The first kappa shape index (κ1) is 22.2. The number of ether oxygens (including phenoxy) is 3. The van der Waals surface area contributed by atoms with Gasteiger partial charge in [-0.2, -0.15) is 4.31 Å². The molecule has 1 aliphatic rings. The van der Waals surface area contributed by atoms with E-state index in [9.17, 15) is 18.0 Å². The fourth-order valence-electron chi connectivity index (χ4n) is 2.84. The third kappa shape index (κ3) is 4.98. The third-order valence-corrected chi connectivity index (χ3v) is 7.33. The summed E-state index contributed by atoms with van der Waals surface area (Å²) in [6.45, 7) is 2.54. The summed E-state index contributed by atoms with van der Waals surface area (Å²) in [7, 11) is -2.33. The molecule has 1 saturated heterocycles. The number of morpholine rings is 1. The minimum atomic E-state index is -3.70. The van der Waals surface area contributed by atoms with Crippen molar-refractivity contribution in [1.29, 1.82) is 0 Å². The third-order valence-electron chi connectivity index (χ3n) is 4.44. The van der Waals surface area contributed by atoms with Gasteiger partial charge >= 0.3 is 5.97 Å². The van der Waals surface area contributed by atoms with Crippen LogP contribution in [0, 0.1) is 6.92 Å². The number of thiophene rings is 1. The van der Waals surface area contributed by atoms with Crippen LogP contribution in [0.15, 0.2) is 34.5 Å². The molecule has 11 heteroatoms. The molecule has 2 aromatic rings. The number of carbonyl (C=O) groups is 2. The summed E-state index contributed by atoms with van der Waals surface area (Å²) in [4.78, 5) is 24.7. The number of methoxy groups -OCH3 is 1. The van der Waals surface area contributed by atoms with Crippen molar-refractivity contribution in [2.75, 3.05) is 45.3 Å². The highest BCUT2D eigenvalue weighted by atomic mass is 32.2. The number of nitrogens with one attached hydrogen (secondary N) is 1. The predicted molar refractivity (Wildman–Crippen MR) is 111 cm³/mol. The second-order valence-corrected chi connectivity index (χ2v) is 9.29. The van der Waals surface area contributed by atoms with E-state index in [4.69, 9.17) is 14.2 Å². The van der Waals surface area contributed by atoms with Crippen LogP contribution in [-0.2, 0) is 24.3 Å². The van der Waals surface area contributed by atoms with Crippen LogP contribution < -0.4 is 10.1 Å². The predicted octanol–water partition coefficient (Wildman–Crippen LogP) is 1.88. The average molecular weight is 455 g/mol. The molecule has 2 heterocycles.